The summed E-state index contributed by atoms with van der Waals surface area (Å²) < 4.78 is 4.64. The highest BCUT2D eigenvalue weighted by atomic mass is 16.5. The van der Waals surface area contributed by atoms with Gasteiger partial charge < -0.3 is 9.64 Å². The molecular weight excluding hydrogens is 246 g/mol. The van der Waals surface area contributed by atoms with Crippen molar-refractivity contribution < 1.29 is 9.53 Å². The van der Waals surface area contributed by atoms with Crippen LogP contribution in [0.25, 0.3) is 0 Å². The van der Waals surface area contributed by atoms with Crippen LogP contribution in [0.4, 0.5) is 5.82 Å². The molecule has 7 nitrogen and oxygen atoms in total. The lowest BCUT2D eigenvalue weighted by Gasteiger charge is -2.34. The molecule has 2 heterocycles. The zero-order valence-electron chi connectivity index (χ0n) is 10.7. The Labute approximate surface area is 111 Å². The third-order valence-electron chi connectivity index (χ3n) is 3.04. The Balaban J connectivity index is 1.97. The first-order valence-corrected chi connectivity index (χ1v) is 6.00. The van der Waals surface area contributed by atoms with Gasteiger partial charge in [0.05, 0.1) is 13.7 Å². The lowest BCUT2D eigenvalue weighted by Crippen LogP contribution is -2.48. The van der Waals surface area contributed by atoms with E-state index in [1.54, 1.807) is 6.20 Å². The molecule has 0 saturated carbocycles. The quantitative estimate of drug-likeness (QED) is 0.687. The number of anilines is 1. The molecule has 0 unspecified atom stereocenters. The van der Waals surface area contributed by atoms with Crippen LogP contribution in [0.2, 0.25) is 0 Å². The van der Waals surface area contributed by atoms with E-state index in [1.807, 2.05) is 15.9 Å². The molecule has 1 aromatic heterocycles. The Kier molecular flexibility index (Phi) is 4.26. The first-order chi connectivity index (χ1) is 9.24. The number of hydrogen-bond acceptors (Lipinski definition) is 7. The molecular formula is C12H15N5O2. The van der Waals surface area contributed by atoms with Crippen molar-refractivity contribution in [1.29, 1.82) is 5.26 Å². The molecule has 0 bridgehead atoms. The average molecular weight is 261 g/mol. The fraction of sp³-hybridized carbons (Fsp3) is 0.500. The van der Waals surface area contributed by atoms with Crippen LogP contribution in [-0.2, 0) is 9.53 Å². The zero-order chi connectivity index (χ0) is 13.7. The van der Waals surface area contributed by atoms with Gasteiger partial charge in [-0.25, -0.2) is 9.97 Å². The number of carbonyl (C=O) groups is 1. The summed E-state index contributed by atoms with van der Waals surface area (Å²) in [6.07, 6.45) is 3.09. The van der Waals surface area contributed by atoms with E-state index in [9.17, 15) is 4.79 Å². The molecule has 1 aliphatic heterocycles. The number of aromatic nitrogens is 2. The Morgan fingerprint density at radius 1 is 1.37 bits per heavy atom. The van der Waals surface area contributed by atoms with Crippen molar-refractivity contribution in [1.82, 2.24) is 14.9 Å². The normalized spacial score (nSPS) is 15.9. The highest BCUT2D eigenvalue weighted by Crippen LogP contribution is 2.15. The van der Waals surface area contributed by atoms with Crippen LogP contribution in [0, 0.1) is 11.3 Å². The minimum absolute atomic E-state index is 0.231. The summed E-state index contributed by atoms with van der Waals surface area (Å²) in [6.45, 7) is 3.19. The van der Waals surface area contributed by atoms with Gasteiger partial charge in [0.15, 0.2) is 11.5 Å². The third kappa shape index (κ3) is 3.17. The Morgan fingerprint density at radius 3 is 2.68 bits per heavy atom. The SMILES string of the molecule is COC(=O)CN1CCN(c2nccnc2C#N)CC1. The lowest BCUT2D eigenvalue weighted by molar-refractivity contribution is -0.142. The minimum atomic E-state index is -0.231. The number of esters is 1. The summed E-state index contributed by atoms with van der Waals surface area (Å²) in [5.74, 6) is 0.383. The molecule has 0 aliphatic carbocycles. The van der Waals surface area contributed by atoms with Gasteiger partial charge in [-0.3, -0.25) is 9.69 Å². The van der Waals surface area contributed by atoms with E-state index in [1.165, 1.54) is 13.3 Å². The second-order valence-electron chi connectivity index (χ2n) is 4.18. The second-order valence-corrected chi connectivity index (χ2v) is 4.18. The molecule has 0 N–H and O–H groups in total. The van der Waals surface area contributed by atoms with Gasteiger partial charge in [-0.1, -0.05) is 0 Å². The number of hydrogen-bond donors (Lipinski definition) is 0. The van der Waals surface area contributed by atoms with Gasteiger partial charge in [0, 0.05) is 38.6 Å². The van der Waals surface area contributed by atoms with Crippen molar-refractivity contribution in [2.45, 2.75) is 0 Å². The largest absolute Gasteiger partial charge is 0.468 e. The standard InChI is InChI=1S/C12H15N5O2/c1-19-11(18)9-16-4-6-17(7-5-16)12-10(8-13)14-2-3-15-12/h2-3H,4-7,9H2,1H3. The number of nitrogens with zero attached hydrogens (tertiary/aromatic N) is 5. The zero-order valence-corrected chi connectivity index (χ0v) is 10.7. The van der Waals surface area contributed by atoms with Gasteiger partial charge in [0.2, 0.25) is 0 Å². The number of methoxy groups -OCH3 is 1. The van der Waals surface area contributed by atoms with Gasteiger partial charge in [0.1, 0.15) is 6.07 Å². The summed E-state index contributed by atoms with van der Waals surface area (Å²) in [7, 11) is 1.39. The number of piperazine rings is 1. The van der Waals surface area contributed by atoms with Crippen molar-refractivity contribution in [3.8, 4) is 6.07 Å². The van der Waals surface area contributed by atoms with Gasteiger partial charge in [0.25, 0.3) is 0 Å². The van der Waals surface area contributed by atoms with Gasteiger partial charge in [-0.05, 0) is 0 Å². The van der Waals surface area contributed by atoms with E-state index in [-0.39, 0.29) is 5.97 Å². The molecule has 100 valence electrons. The first kappa shape index (κ1) is 13.2. The molecule has 0 aromatic carbocycles. The number of ether oxygens (including phenoxy) is 1. The third-order valence-corrected chi connectivity index (χ3v) is 3.04. The van der Waals surface area contributed by atoms with E-state index in [0.29, 0.717) is 31.1 Å². The summed E-state index contributed by atoms with van der Waals surface area (Å²) in [5.41, 5.74) is 0.337. The predicted octanol–water partition coefficient (Wildman–Crippen LogP) is -0.357. The Morgan fingerprint density at radius 2 is 2.05 bits per heavy atom. The summed E-state index contributed by atoms with van der Waals surface area (Å²) in [6, 6.07) is 2.04. The fourth-order valence-corrected chi connectivity index (χ4v) is 2.01. The van der Waals surface area contributed by atoms with Crippen molar-refractivity contribution in [3.63, 3.8) is 0 Å². The fourth-order valence-electron chi connectivity index (χ4n) is 2.01. The maximum Gasteiger partial charge on any atom is 0.319 e. The Hall–Kier alpha value is -2.20. The maximum absolute atomic E-state index is 11.2. The minimum Gasteiger partial charge on any atom is -0.468 e. The number of nitriles is 1. The molecule has 1 saturated heterocycles. The molecule has 19 heavy (non-hydrogen) atoms. The van der Waals surface area contributed by atoms with Crippen molar-refractivity contribution in [2.24, 2.45) is 0 Å². The lowest BCUT2D eigenvalue weighted by atomic mass is 10.3. The highest BCUT2D eigenvalue weighted by molar-refractivity contribution is 5.71. The number of carbonyl (C=O) groups excluding carboxylic acids is 1. The van der Waals surface area contributed by atoms with Crippen LogP contribution in [-0.4, -0.2) is 60.7 Å². The summed E-state index contributed by atoms with van der Waals surface area (Å²) in [5, 5.41) is 9.00. The monoisotopic (exact) mass is 261 g/mol. The molecule has 1 aromatic rings. The average Bonchev–Trinajstić information content (AvgIpc) is 2.48. The topological polar surface area (TPSA) is 82.3 Å². The molecule has 7 heteroatoms. The van der Waals surface area contributed by atoms with Gasteiger partial charge in [-0.15, -0.1) is 0 Å². The van der Waals surface area contributed by atoms with Crippen LogP contribution in [0.3, 0.4) is 0 Å². The number of rotatable bonds is 3. The summed E-state index contributed by atoms with van der Waals surface area (Å²) >= 11 is 0. The molecule has 0 amide bonds. The van der Waals surface area contributed by atoms with E-state index in [4.69, 9.17) is 5.26 Å². The molecule has 0 radical (unpaired) electrons. The first-order valence-electron chi connectivity index (χ1n) is 6.00. The smallest absolute Gasteiger partial charge is 0.319 e. The molecule has 0 spiro atoms. The van der Waals surface area contributed by atoms with Gasteiger partial charge in [-0.2, -0.15) is 5.26 Å². The van der Waals surface area contributed by atoms with E-state index in [2.05, 4.69) is 14.7 Å². The van der Waals surface area contributed by atoms with Crippen LogP contribution in [0.15, 0.2) is 12.4 Å². The Bertz CT molecular complexity index is 491. The van der Waals surface area contributed by atoms with E-state index < -0.39 is 0 Å². The van der Waals surface area contributed by atoms with Crippen molar-refractivity contribution in [3.05, 3.63) is 18.1 Å². The summed E-state index contributed by atoms with van der Waals surface area (Å²) in [4.78, 5) is 23.4. The predicted molar refractivity (Wildman–Crippen MR) is 67.4 cm³/mol. The van der Waals surface area contributed by atoms with Crippen LogP contribution in [0.5, 0.6) is 0 Å². The second kappa shape index (κ2) is 6.11. The molecule has 0 atom stereocenters. The van der Waals surface area contributed by atoms with E-state index >= 15 is 0 Å². The van der Waals surface area contributed by atoms with Crippen LogP contribution >= 0.6 is 0 Å². The van der Waals surface area contributed by atoms with Crippen LogP contribution < -0.4 is 4.90 Å². The molecule has 1 aliphatic rings. The van der Waals surface area contributed by atoms with E-state index in [0.717, 1.165) is 13.1 Å². The highest BCUT2D eigenvalue weighted by Gasteiger charge is 2.22. The maximum atomic E-state index is 11.2. The van der Waals surface area contributed by atoms with Gasteiger partial charge >= 0.3 is 5.97 Å². The van der Waals surface area contributed by atoms with Crippen molar-refractivity contribution >= 4 is 11.8 Å². The molecule has 2 rings (SSSR count). The molecule has 1 fully saturated rings. The van der Waals surface area contributed by atoms with Crippen LogP contribution in [0.1, 0.15) is 5.69 Å². The van der Waals surface area contributed by atoms with Crippen molar-refractivity contribution in [2.75, 3.05) is 44.7 Å².